The van der Waals surface area contributed by atoms with Crippen LogP contribution in [0.3, 0.4) is 0 Å². The van der Waals surface area contributed by atoms with E-state index in [-0.39, 0.29) is 0 Å². The monoisotopic (exact) mass is 235 g/mol. The average molecular weight is 235 g/mol. The second kappa shape index (κ2) is 4.60. The summed E-state index contributed by atoms with van der Waals surface area (Å²) in [5, 5.41) is 8.91. The Morgan fingerprint density at radius 3 is 2.00 bits per heavy atom. The number of nitrogens with zero attached hydrogens (tertiary/aromatic N) is 3. The smallest absolute Gasteiger partial charge is 0.292 e. The summed E-state index contributed by atoms with van der Waals surface area (Å²) in [6.07, 6.45) is -4.13. The molecule has 1 aliphatic rings. The maximum atomic E-state index is 12.1. The highest BCUT2D eigenvalue weighted by Crippen LogP contribution is 2.20. The lowest BCUT2D eigenvalue weighted by Gasteiger charge is -2.40. The number of piperazine rings is 1. The largest absolute Gasteiger partial charge is 0.401 e. The van der Waals surface area contributed by atoms with Crippen molar-refractivity contribution in [2.45, 2.75) is 25.6 Å². The highest BCUT2D eigenvalue weighted by molar-refractivity contribution is 5.02. The molecule has 1 heterocycles. The molecule has 0 aromatic rings. The molecular weight excluding hydrogens is 219 g/mol. The van der Waals surface area contributed by atoms with Crippen molar-refractivity contribution < 1.29 is 13.2 Å². The minimum Gasteiger partial charge on any atom is -0.292 e. The van der Waals surface area contributed by atoms with Crippen molar-refractivity contribution in [1.82, 2.24) is 9.80 Å². The second-order valence-electron chi connectivity index (χ2n) is 4.55. The third kappa shape index (κ3) is 3.65. The molecular formula is C10H16F3N3. The molecule has 92 valence electrons. The molecule has 0 atom stereocenters. The van der Waals surface area contributed by atoms with E-state index in [1.807, 2.05) is 4.90 Å². The number of rotatable bonds is 2. The van der Waals surface area contributed by atoms with Gasteiger partial charge in [-0.2, -0.15) is 18.4 Å². The summed E-state index contributed by atoms with van der Waals surface area (Å²) in [6, 6.07) is 2.16. The molecule has 0 unspecified atom stereocenters. The predicted octanol–water partition coefficient (Wildman–Crippen LogP) is 1.47. The van der Waals surface area contributed by atoms with Crippen LogP contribution >= 0.6 is 0 Å². The maximum Gasteiger partial charge on any atom is 0.401 e. The Kier molecular flexibility index (Phi) is 3.81. The molecule has 0 spiro atoms. The zero-order valence-electron chi connectivity index (χ0n) is 9.51. The SMILES string of the molecule is CC(C)(C#N)N1CCN(CC(F)(F)F)CC1. The first-order valence-electron chi connectivity index (χ1n) is 5.20. The number of nitriles is 1. The van der Waals surface area contributed by atoms with Gasteiger partial charge in [-0.15, -0.1) is 0 Å². The Morgan fingerprint density at radius 1 is 1.12 bits per heavy atom. The number of alkyl halides is 3. The van der Waals surface area contributed by atoms with E-state index >= 15 is 0 Å². The fourth-order valence-electron chi connectivity index (χ4n) is 1.79. The summed E-state index contributed by atoms with van der Waals surface area (Å²) >= 11 is 0. The van der Waals surface area contributed by atoms with Gasteiger partial charge in [0.2, 0.25) is 0 Å². The summed E-state index contributed by atoms with van der Waals surface area (Å²) in [6.45, 7) is 4.47. The molecule has 0 bridgehead atoms. The first kappa shape index (κ1) is 13.3. The summed E-state index contributed by atoms with van der Waals surface area (Å²) < 4.78 is 36.4. The molecule has 1 saturated heterocycles. The van der Waals surface area contributed by atoms with Crippen LogP contribution in [0.1, 0.15) is 13.8 Å². The van der Waals surface area contributed by atoms with Gasteiger partial charge < -0.3 is 0 Å². The minimum atomic E-state index is -4.13. The molecule has 6 heteroatoms. The van der Waals surface area contributed by atoms with Gasteiger partial charge in [-0.25, -0.2) is 0 Å². The third-order valence-electron chi connectivity index (χ3n) is 2.84. The summed E-state index contributed by atoms with van der Waals surface area (Å²) in [5.41, 5.74) is -0.593. The van der Waals surface area contributed by atoms with Crippen LogP contribution in [0.4, 0.5) is 13.2 Å². The van der Waals surface area contributed by atoms with Gasteiger partial charge in [0.05, 0.1) is 12.6 Å². The van der Waals surface area contributed by atoms with Crippen molar-refractivity contribution >= 4 is 0 Å². The zero-order valence-corrected chi connectivity index (χ0v) is 9.51. The first-order chi connectivity index (χ1) is 7.24. The fraction of sp³-hybridized carbons (Fsp3) is 0.900. The quantitative estimate of drug-likeness (QED) is 0.726. The molecule has 3 nitrogen and oxygen atoms in total. The van der Waals surface area contributed by atoms with E-state index in [9.17, 15) is 13.2 Å². The highest BCUT2D eigenvalue weighted by Gasteiger charge is 2.35. The van der Waals surface area contributed by atoms with Crippen LogP contribution in [0.5, 0.6) is 0 Å². The van der Waals surface area contributed by atoms with Gasteiger partial charge in [0.25, 0.3) is 0 Å². The second-order valence-corrected chi connectivity index (χ2v) is 4.55. The summed E-state index contributed by atoms with van der Waals surface area (Å²) in [4.78, 5) is 3.30. The summed E-state index contributed by atoms with van der Waals surface area (Å²) in [7, 11) is 0. The fourth-order valence-corrected chi connectivity index (χ4v) is 1.79. The van der Waals surface area contributed by atoms with E-state index in [1.54, 1.807) is 13.8 Å². The molecule has 0 aliphatic carbocycles. The van der Waals surface area contributed by atoms with Gasteiger partial charge in [-0.1, -0.05) is 0 Å². The molecule has 0 saturated carbocycles. The standard InChI is InChI=1S/C10H16F3N3/c1-9(2,7-14)16-5-3-15(4-6-16)8-10(11,12)13/h3-6,8H2,1-2H3. The Hall–Kier alpha value is -0.800. The number of hydrogen-bond acceptors (Lipinski definition) is 3. The van der Waals surface area contributed by atoms with Gasteiger partial charge in [-0.3, -0.25) is 9.80 Å². The molecule has 0 aromatic carbocycles. The Balaban J connectivity index is 2.44. The van der Waals surface area contributed by atoms with Crippen molar-refractivity contribution in [1.29, 1.82) is 5.26 Å². The lowest BCUT2D eigenvalue weighted by Crippen LogP contribution is -2.55. The number of halogens is 3. The lowest BCUT2D eigenvalue weighted by molar-refractivity contribution is -0.150. The number of hydrogen-bond donors (Lipinski definition) is 0. The van der Waals surface area contributed by atoms with Crippen molar-refractivity contribution in [2.24, 2.45) is 0 Å². The molecule has 1 rings (SSSR count). The van der Waals surface area contributed by atoms with Crippen LogP contribution in [0.2, 0.25) is 0 Å². The normalized spacial score (nSPS) is 20.8. The molecule has 0 aromatic heterocycles. The topological polar surface area (TPSA) is 30.3 Å². The lowest BCUT2D eigenvalue weighted by atomic mass is 10.0. The molecule has 16 heavy (non-hydrogen) atoms. The van der Waals surface area contributed by atoms with E-state index in [4.69, 9.17) is 5.26 Å². The van der Waals surface area contributed by atoms with Gasteiger partial charge in [-0.05, 0) is 13.8 Å². The van der Waals surface area contributed by atoms with E-state index in [1.165, 1.54) is 4.90 Å². The minimum absolute atomic E-state index is 0.366. The average Bonchev–Trinajstić information content (AvgIpc) is 2.16. The molecule has 0 radical (unpaired) electrons. The van der Waals surface area contributed by atoms with Crippen LogP contribution in [-0.4, -0.2) is 54.2 Å². The van der Waals surface area contributed by atoms with Gasteiger partial charge in [0.1, 0.15) is 5.54 Å². The molecule has 0 N–H and O–H groups in total. The molecule has 0 amide bonds. The predicted molar refractivity (Wildman–Crippen MR) is 53.8 cm³/mol. The van der Waals surface area contributed by atoms with E-state index in [0.29, 0.717) is 26.2 Å². The maximum absolute atomic E-state index is 12.1. The van der Waals surface area contributed by atoms with Crippen molar-refractivity contribution in [2.75, 3.05) is 32.7 Å². The molecule has 1 aliphatic heterocycles. The zero-order chi connectivity index (χ0) is 12.4. The van der Waals surface area contributed by atoms with Crippen LogP contribution in [-0.2, 0) is 0 Å². The van der Waals surface area contributed by atoms with E-state index in [0.717, 1.165) is 0 Å². The Morgan fingerprint density at radius 2 is 1.62 bits per heavy atom. The van der Waals surface area contributed by atoms with Crippen LogP contribution in [0, 0.1) is 11.3 Å². The van der Waals surface area contributed by atoms with E-state index < -0.39 is 18.3 Å². The third-order valence-corrected chi connectivity index (χ3v) is 2.84. The van der Waals surface area contributed by atoms with Crippen LogP contribution in [0.15, 0.2) is 0 Å². The summed E-state index contributed by atoms with van der Waals surface area (Å²) in [5.74, 6) is 0. The Bertz CT molecular complexity index is 272. The Labute approximate surface area is 93.4 Å². The van der Waals surface area contributed by atoms with Crippen molar-refractivity contribution in [3.8, 4) is 6.07 Å². The van der Waals surface area contributed by atoms with Gasteiger partial charge in [0.15, 0.2) is 0 Å². The first-order valence-corrected chi connectivity index (χ1v) is 5.20. The highest BCUT2D eigenvalue weighted by atomic mass is 19.4. The van der Waals surface area contributed by atoms with Crippen LogP contribution < -0.4 is 0 Å². The van der Waals surface area contributed by atoms with Crippen LogP contribution in [0.25, 0.3) is 0 Å². The van der Waals surface area contributed by atoms with E-state index in [2.05, 4.69) is 6.07 Å². The molecule has 1 fully saturated rings. The van der Waals surface area contributed by atoms with Gasteiger partial charge in [0, 0.05) is 26.2 Å². The van der Waals surface area contributed by atoms with Gasteiger partial charge >= 0.3 is 6.18 Å². The van der Waals surface area contributed by atoms with Crippen molar-refractivity contribution in [3.05, 3.63) is 0 Å². The van der Waals surface area contributed by atoms with Crippen molar-refractivity contribution in [3.63, 3.8) is 0 Å².